The summed E-state index contributed by atoms with van der Waals surface area (Å²) in [6.07, 6.45) is 3.73. The standard InChI is InChI=1S/C10H14N2O2/c13-7-10(3-4-10)6-12-9(14)8-2-1-5-11-8/h1-2,5,11,13H,3-4,6-7H2,(H,12,14). The Kier molecular flexibility index (Phi) is 2.29. The molecule has 0 radical (unpaired) electrons. The number of aromatic nitrogens is 1. The highest BCUT2D eigenvalue weighted by Gasteiger charge is 2.42. The largest absolute Gasteiger partial charge is 0.396 e. The molecule has 4 heteroatoms. The fourth-order valence-corrected chi connectivity index (χ4v) is 1.40. The summed E-state index contributed by atoms with van der Waals surface area (Å²) in [4.78, 5) is 14.3. The molecular weight excluding hydrogens is 180 g/mol. The van der Waals surface area contributed by atoms with Gasteiger partial charge in [0.15, 0.2) is 0 Å². The van der Waals surface area contributed by atoms with Gasteiger partial charge in [-0.25, -0.2) is 0 Å². The minimum atomic E-state index is -0.102. The Morgan fingerprint density at radius 2 is 2.43 bits per heavy atom. The normalized spacial score (nSPS) is 17.8. The van der Waals surface area contributed by atoms with Gasteiger partial charge in [0.05, 0.1) is 6.61 Å². The number of aromatic amines is 1. The highest BCUT2D eigenvalue weighted by atomic mass is 16.3. The van der Waals surface area contributed by atoms with Crippen LogP contribution in [-0.2, 0) is 0 Å². The van der Waals surface area contributed by atoms with Gasteiger partial charge in [0, 0.05) is 18.2 Å². The summed E-state index contributed by atoms with van der Waals surface area (Å²) in [5.74, 6) is -0.102. The summed E-state index contributed by atoms with van der Waals surface area (Å²) in [6, 6.07) is 3.52. The number of nitrogens with one attached hydrogen (secondary N) is 2. The fourth-order valence-electron chi connectivity index (χ4n) is 1.40. The average molecular weight is 194 g/mol. The smallest absolute Gasteiger partial charge is 0.267 e. The molecule has 0 saturated heterocycles. The molecule has 14 heavy (non-hydrogen) atoms. The first kappa shape index (κ1) is 9.27. The van der Waals surface area contributed by atoms with E-state index in [1.54, 1.807) is 18.3 Å². The third kappa shape index (κ3) is 1.80. The van der Waals surface area contributed by atoms with E-state index in [1.807, 2.05) is 0 Å². The number of amides is 1. The first-order chi connectivity index (χ1) is 6.76. The molecule has 76 valence electrons. The van der Waals surface area contributed by atoms with Gasteiger partial charge in [-0.2, -0.15) is 0 Å². The van der Waals surface area contributed by atoms with Crippen molar-refractivity contribution in [2.45, 2.75) is 12.8 Å². The van der Waals surface area contributed by atoms with Gasteiger partial charge in [-0.1, -0.05) is 0 Å². The van der Waals surface area contributed by atoms with Gasteiger partial charge >= 0.3 is 0 Å². The predicted molar refractivity (Wildman–Crippen MR) is 51.9 cm³/mol. The summed E-state index contributed by atoms with van der Waals surface area (Å²) in [5.41, 5.74) is 0.543. The van der Waals surface area contributed by atoms with Gasteiger partial charge < -0.3 is 15.4 Å². The third-order valence-electron chi connectivity index (χ3n) is 2.76. The molecule has 0 bridgehead atoms. The van der Waals surface area contributed by atoms with E-state index >= 15 is 0 Å². The van der Waals surface area contributed by atoms with Crippen molar-refractivity contribution in [2.24, 2.45) is 5.41 Å². The summed E-state index contributed by atoms with van der Waals surface area (Å²) in [7, 11) is 0. The van der Waals surface area contributed by atoms with Crippen LogP contribution in [0.1, 0.15) is 23.3 Å². The topological polar surface area (TPSA) is 65.1 Å². The Hall–Kier alpha value is -1.29. The predicted octanol–water partition coefficient (Wildman–Crippen LogP) is 0.517. The van der Waals surface area contributed by atoms with Crippen LogP contribution in [0.25, 0.3) is 0 Å². The quantitative estimate of drug-likeness (QED) is 0.654. The van der Waals surface area contributed by atoms with E-state index in [0.717, 1.165) is 12.8 Å². The Bertz CT molecular complexity index is 315. The lowest BCUT2D eigenvalue weighted by molar-refractivity contribution is 0.0931. The number of carbonyl (C=O) groups is 1. The minimum absolute atomic E-state index is 0.0255. The first-order valence-electron chi connectivity index (χ1n) is 4.78. The second kappa shape index (κ2) is 3.46. The van der Waals surface area contributed by atoms with E-state index in [9.17, 15) is 4.79 Å². The van der Waals surface area contributed by atoms with E-state index in [1.165, 1.54) is 0 Å². The lowest BCUT2D eigenvalue weighted by Gasteiger charge is -2.11. The Balaban J connectivity index is 1.84. The number of H-pyrrole nitrogens is 1. The lowest BCUT2D eigenvalue weighted by atomic mass is 10.1. The molecule has 1 aromatic rings. The van der Waals surface area contributed by atoms with Crippen molar-refractivity contribution in [3.63, 3.8) is 0 Å². The summed E-state index contributed by atoms with van der Waals surface area (Å²) < 4.78 is 0. The number of hydrogen-bond donors (Lipinski definition) is 3. The van der Waals surface area contributed by atoms with Gasteiger partial charge in [-0.05, 0) is 25.0 Å². The number of aliphatic hydroxyl groups excluding tert-OH is 1. The molecule has 1 aliphatic carbocycles. The molecule has 0 atom stereocenters. The maximum atomic E-state index is 11.5. The molecule has 1 heterocycles. The molecular formula is C10H14N2O2. The van der Waals surface area contributed by atoms with Crippen molar-refractivity contribution >= 4 is 5.91 Å². The molecule has 3 N–H and O–H groups in total. The van der Waals surface area contributed by atoms with Crippen LogP contribution in [0.15, 0.2) is 18.3 Å². The molecule has 2 rings (SSSR count). The minimum Gasteiger partial charge on any atom is -0.396 e. The summed E-state index contributed by atoms with van der Waals surface area (Å²) in [5, 5.41) is 11.8. The molecule has 1 saturated carbocycles. The number of hydrogen-bond acceptors (Lipinski definition) is 2. The Morgan fingerprint density at radius 1 is 1.64 bits per heavy atom. The van der Waals surface area contributed by atoms with Crippen LogP contribution >= 0.6 is 0 Å². The van der Waals surface area contributed by atoms with Gasteiger partial charge in [0.2, 0.25) is 0 Å². The second-order valence-electron chi connectivity index (χ2n) is 3.92. The van der Waals surface area contributed by atoms with Gasteiger partial charge in [-0.3, -0.25) is 4.79 Å². The van der Waals surface area contributed by atoms with Crippen LogP contribution in [-0.4, -0.2) is 29.1 Å². The number of carbonyl (C=O) groups excluding carboxylic acids is 1. The fraction of sp³-hybridized carbons (Fsp3) is 0.500. The van der Waals surface area contributed by atoms with Crippen molar-refractivity contribution < 1.29 is 9.90 Å². The molecule has 1 amide bonds. The number of rotatable bonds is 4. The molecule has 0 unspecified atom stereocenters. The SMILES string of the molecule is O=C(NCC1(CO)CC1)c1ccc[nH]1. The number of aliphatic hydroxyl groups is 1. The second-order valence-corrected chi connectivity index (χ2v) is 3.92. The third-order valence-corrected chi connectivity index (χ3v) is 2.76. The van der Waals surface area contributed by atoms with Gasteiger partial charge in [-0.15, -0.1) is 0 Å². The first-order valence-corrected chi connectivity index (χ1v) is 4.78. The monoisotopic (exact) mass is 194 g/mol. The van der Waals surface area contributed by atoms with E-state index in [-0.39, 0.29) is 17.9 Å². The molecule has 0 aromatic carbocycles. The highest BCUT2D eigenvalue weighted by Crippen LogP contribution is 2.44. The van der Waals surface area contributed by atoms with E-state index < -0.39 is 0 Å². The van der Waals surface area contributed by atoms with E-state index in [4.69, 9.17) is 5.11 Å². The highest BCUT2D eigenvalue weighted by molar-refractivity contribution is 5.92. The molecule has 1 aromatic heterocycles. The zero-order chi connectivity index (χ0) is 10.0. The van der Waals surface area contributed by atoms with Crippen molar-refractivity contribution in [1.29, 1.82) is 0 Å². The van der Waals surface area contributed by atoms with Crippen LogP contribution < -0.4 is 5.32 Å². The maximum Gasteiger partial charge on any atom is 0.267 e. The van der Waals surface area contributed by atoms with Crippen LogP contribution in [0, 0.1) is 5.41 Å². The van der Waals surface area contributed by atoms with Crippen LogP contribution in [0.4, 0.5) is 0 Å². The van der Waals surface area contributed by atoms with Crippen LogP contribution in [0.3, 0.4) is 0 Å². The van der Waals surface area contributed by atoms with Crippen molar-refractivity contribution in [2.75, 3.05) is 13.2 Å². The van der Waals surface area contributed by atoms with Crippen molar-refractivity contribution in [3.8, 4) is 0 Å². The molecule has 4 nitrogen and oxygen atoms in total. The van der Waals surface area contributed by atoms with E-state index in [0.29, 0.717) is 12.2 Å². The Morgan fingerprint density at radius 3 is 2.93 bits per heavy atom. The van der Waals surface area contributed by atoms with Crippen molar-refractivity contribution in [3.05, 3.63) is 24.0 Å². The molecule has 0 aliphatic heterocycles. The lowest BCUT2D eigenvalue weighted by Crippen LogP contribution is -2.31. The zero-order valence-corrected chi connectivity index (χ0v) is 7.92. The molecule has 0 spiro atoms. The Labute approximate surface area is 82.3 Å². The van der Waals surface area contributed by atoms with Crippen LogP contribution in [0.5, 0.6) is 0 Å². The van der Waals surface area contributed by atoms with E-state index in [2.05, 4.69) is 10.3 Å². The van der Waals surface area contributed by atoms with Gasteiger partial charge in [0.25, 0.3) is 5.91 Å². The molecule has 1 aliphatic rings. The average Bonchev–Trinajstić information content (AvgIpc) is 2.78. The van der Waals surface area contributed by atoms with Crippen LogP contribution in [0.2, 0.25) is 0 Å². The maximum absolute atomic E-state index is 11.5. The van der Waals surface area contributed by atoms with Crippen molar-refractivity contribution in [1.82, 2.24) is 10.3 Å². The zero-order valence-electron chi connectivity index (χ0n) is 7.92. The summed E-state index contributed by atoms with van der Waals surface area (Å²) in [6.45, 7) is 0.735. The summed E-state index contributed by atoms with van der Waals surface area (Å²) >= 11 is 0. The van der Waals surface area contributed by atoms with Gasteiger partial charge in [0.1, 0.15) is 5.69 Å². The molecule has 1 fully saturated rings.